The van der Waals surface area contributed by atoms with Gasteiger partial charge in [-0.15, -0.1) is 0 Å². The van der Waals surface area contributed by atoms with Crippen LogP contribution >= 0.6 is 11.6 Å². The Kier molecular flexibility index (Phi) is 5.25. The number of carbonyl (C=O) groups excluding carboxylic acids is 1. The Balaban J connectivity index is 1.92. The van der Waals surface area contributed by atoms with Crippen molar-refractivity contribution in [2.45, 2.75) is 19.1 Å². The van der Waals surface area contributed by atoms with Crippen molar-refractivity contribution in [3.63, 3.8) is 0 Å². The topological polar surface area (TPSA) is 81.6 Å². The van der Waals surface area contributed by atoms with Gasteiger partial charge in [-0.25, -0.2) is 4.79 Å². The molecular weight excluding hydrogens is 304 g/mol. The van der Waals surface area contributed by atoms with Gasteiger partial charge in [0, 0.05) is 10.7 Å². The lowest BCUT2D eigenvalue weighted by Crippen LogP contribution is -2.39. The minimum atomic E-state index is -0.878. The normalized spacial score (nSPS) is 13.2. The van der Waals surface area contributed by atoms with Gasteiger partial charge >= 0.3 is 6.03 Å². The van der Waals surface area contributed by atoms with E-state index in [9.17, 15) is 15.0 Å². The maximum atomic E-state index is 11.9. The maximum Gasteiger partial charge on any atom is 0.319 e. The summed E-state index contributed by atoms with van der Waals surface area (Å²) < 4.78 is 0. The molecule has 6 heteroatoms. The Morgan fingerprint density at radius 3 is 2.27 bits per heavy atom. The molecule has 0 saturated carbocycles. The van der Waals surface area contributed by atoms with Crippen LogP contribution in [0, 0.1) is 0 Å². The van der Waals surface area contributed by atoms with Crippen molar-refractivity contribution in [2.24, 2.45) is 0 Å². The van der Waals surface area contributed by atoms with E-state index >= 15 is 0 Å². The molecule has 0 bridgehead atoms. The summed E-state index contributed by atoms with van der Waals surface area (Å²) in [6.07, 6.45) is -0.878. The molecule has 22 heavy (non-hydrogen) atoms. The van der Waals surface area contributed by atoms with E-state index in [1.165, 1.54) is 12.1 Å². The van der Waals surface area contributed by atoms with Crippen LogP contribution in [-0.2, 0) is 0 Å². The SMILES string of the molecule is C[C@@H](NC(=O)Nc1ccc(Cl)cc1)[C@@H](O)c1ccc(O)cc1. The molecule has 5 nitrogen and oxygen atoms in total. The molecule has 2 rings (SSSR count). The number of phenolic OH excluding ortho intramolecular Hbond substituents is 1. The molecule has 2 atom stereocenters. The number of phenols is 1. The van der Waals surface area contributed by atoms with E-state index in [1.807, 2.05) is 0 Å². The van der Waals surface area contributed by atoms with Gasteiger partial charge in [-0.05, 0) is 48.9 Å². The summed E-state index contributed by atoms with van der Waals surface area (Å²) in [7, 11) is 0. The number of amides is 2. The lowest BCUT2D eigenvalue weighted by Gasteiger charge is -2.21. The van der Waals surface area contributed by atoms with Crippen LogP contribution in [0.5, 0.6) is 5.75 Å². The van der Waals surface area contributed by atoms with Crippen molar-refractivity contribution in [1.29, 1.82) is 0 Å². The molecule has 116 valence electrons. The molecule has 0 aliphatic heterocycles. The van der Waals surface area contributed by atoms with Crippen LogP contribution in [0.4, 0.5) is 10.5 Å². The number of halogens is 1. The second-order valence-electron chi connectivity index (χ2n) is 4.93. The van der Waals surface area contributed by atoms with Crippen molar-refractivity contribution in [1.82, 2.24) is 5.32 Å². The molecule has 0 aliphatic carbocycles. The van der Waals surface area contributed by atoms with E-state index in [4.69, 9.17) is 11.6 Å². The molecule has 4 N–H and O–H groups in total. The molecule has 0 unspecified atom stereocenters. The first-order valence-electron chi connectivity index (χ1n) is 6.76. The summed E-state index contributed by atoms with van der Waals surface area (Å²) in [5.41, 5.74) is 1.21. The molecule has 0 fully saturated rings. The lowest BCUT2D eigenvalue weighted by atomic mass is 10.0. The van der Waals surface area contributed by atoms with Crippen molar-refractivity contribution >= 4 is 23.3 Å². The average molecular weight is 321 g/mol. The van der Waals surface area contributed by atoms with Gasteiger partial charge < -0.3 is 20.8 Å². The minimum Gasteiger partial charge on any atom is -0.508 e. The Bertz CT molecular complexity index is 629. The van der Waals surface area contributed by atoms with E-state index in [0.717, 1.165) is 0 Å². The number of aliphatic hydroxyl groups excluding tert-OH is 1. The highest BCUT2D eigenvalue weighted by atomic mass is 35.5. The molecule has 2 aromatic rings. The predicted octanol–water partition coefficient (Wildman–Crippen LogP) is 3.29. The molecule has 0 saturated heterocycles. The van der Waals surface area contributed by atoms with Gasteiger partial charge in [0.1, 0.15) is 5.75 Å². The highest BCUT2D eigenvalue weighted by molar-refractivity contribution is 6.30. The number of aromatic hydroxyl groups is 1. The fourth-order valence-corrected chi connectivity index (χ4v) is 2.07. The van der Waals surface area contributed by atoms with Crippen LogP contribution in [0.15, 0.2) is 48.5 Å². The summed E-state index contributed by atoms with van der Waals surface area (Å²) in [6, 6.07) is 12.0. The number of carbonyl (C=O) groups is 1. The molecule has 2 amide bonds. The molecule has 0 radical (unpaired) electrons. The van der Waals surface area contributed by atoms with Gasteiger partial charge in [0.25, 0.3) is 0 Å². The molecular formula is C16H17ClN2O3. The Morgan fingerprint density at radius 1 is 1.09 bits per heavy atom. The van der Waals surface area contributed by atoms with E-state index in [0.29, 0.717) is 16.3 Å². The van der Waals surface area contributed by atoms with Crippen LogP contribution < -0.4 is 10.6 Å². The standard InChI is InChI=1S/C16H17ClN2O3/c1-10(15(21)11-2-8-14(20)9-3-11)18-16(22)19-13-6-4-12(17)5-7-13/h2-10,15,20-21H,1H3,(H2,18,19,22)/t10-,15-/m1/s1. The molecule has 0 aromatic heterocycles. The zero-order valence-corrected chi connectivity index (χ0v) is 12.7. The number of nitrogens with one attached hydrogen (secondary N) is 2. The van der Waals surface area contributed by atoms with Gasteiger partial charge in [0.05, 0.1) is 12.1 Å². The summed E-state index contributed by atoms with van der Waals surface area (Å²) in [4.78, 5) is 11.9. The first kappa shape index (κ1) is 16.1. The third-order valence-corrected chi connectivity index (χ3v) is 3.42. The first-order chi connectivity index (χ1) is 10.5. The van der Waals surface area contributed by atoms with Crippen LogP contribution in [-0.4, -0.2) is 22.3 Å². The fourth-order valence-electron chi connectivity index (χ4n) is 1.95. The zero-order valence-electron chi connectivity index (χ0n) is 12.0. The number of hydrogen-bond donors (Lipinski definition) is 4. The van der Waals surface area contributed by atoms with E-state index < -0.39 is 18.2 Å². The van der Waals surface area contributed by atoms with E-state index in [2.05, 4.69) is 10.6 Å². The highest BCUT2D eigenvalue weighted by Gasteiger charge is 2.18. The monoisotopic (exact) mass is 320 g/mol. The molecule has 0 aliphatic rings. The Labute approximate surface area is 133 Å². The third-order valence-electron chi connectivity index (χ3n) is 3.17. The van der Waals surface area contributed by atoms with Crippen molar-refractivity contribution in [3.8, 4) is 5.75 Å². The van der Waals surface area contributed by atoms with Gasteiger partial charge in [0.2, 0.25) is 0 Å². The van der Waals surface area contributed by atoms with Crippen LogP contribution in [0.2, 0.25) is 5.02 Å². The third kappa shape index (κ3) is 4.38. The molecule has 0 heterocycles. The summed E-state index contributed by atoms with van der Waals surface area (Å²) in [5.74, 6) is 0.122. The lowest BCUT2D eigenvalue weighted by molar-refractivity contribution is 0.139. The number of benzene rings is 2. The summed E-state index contributed by atoms with van der Waals surface area (Å²) in [6.45, 7) is 1.69. The van der Waals surface area contributed by atoms with Gasteiger partial charge in [0.15, 0.2) is 0 Å². The second kappa shape index (κ2) is 7.15. The Morgan fingerprint density at radius 2 is 1.68 bits per heavy atom. The number of anilines is 1. The number of rotatable bonds is 4. The quantitative estimate of drug-likeness (QED) is 0.697. The van der Waals surface area contributed by atoms with E-state index in [-0.39, 0.29) is 5.75 Å². The first-order valence-corrected chi connectivity index (χ1v) is 7.13. The average Bonchev–Trinajstić information content (AvgIpc) is 2.49. The van der Waals surface area contributed by atoms with Crippen molar-refractivity contribution < 1.29 is 15.0 Å². The van der Waals surface area contributed by atoms with Crippen LogP contribution in [0.25, 0.3) is 0 Å². The number of urea groups is 1. The van der Waals surface area contributed by atoms with Gasteiger partial charge in [-0.2, -0.15) is 0 Å². The predicted molar refractivity (Wildman–Crippen MR) is 86.1 cm³/mol. The number of aliphatic hydroxyl groups is 1. The van der Waals surface area contributed by atoms with E-state index in [1.54, 1.807) is 43.3 Å². The molecule has 0 spiro atoms. The largest absolute Gasteiger partial charge is 0.508 e. The number of hydrogen-bond acceptors (Lipinski definition) is 3. The van der Waals surface area contributed by atoms with Crippen LogP contribution in [0.3, 0.4) is 0 Å². The zero-order chi connectivity index (χ0) is 16.1. The van der Waals surface area contributed by atoms with Crippen molar-refractivity contribution in [3.05, 3.63) is 59.1 Å². The minimum absolute atomic E-state index is 0.122. The molecule has 2 aromatic carbocycles. The highest BCUT2D eigenvalue weighted by Crippen LogP contribution is 2.20. The van der Waals surface area contributed by atoms with Crippen LogP contribution in [0.1, 0.15) is 18.6 Å². The maximum absolute atomic E-state index is 11.9. The van der Waals surface area contributed by atoms with Gasteiger partial charge in [-0.1, -0.05) is 23.7 Å². The Hall–Kier alpha value is -2.24. The van der Waals surface area contributed by atoms with Crippen molar-refractivity contribution in [2.75, 3.05) is 5.32 Å². The summed E-state index contributed by atoms with van der Waals surface area (Å²) in [5, 5.41) is 25.3. The summed E-state index contributed by atoms with van der Waals surface area (Å²) >= 11 is 5.77. The van der Waals surface area contributed by atoms with Gasteiger partial charge in [-0.3, -0.25) is 0 Å². The smallest absolute Gasteiger partial charge is 0.319 e. The second-order valence-corrected chi connectivity index (χ2v) is 5.37. The fraction of sp³-hybridized carbons (Fsp3) is 0.188.